The molecule has 2 nitrogen and oxygen atoms in total. The summed E-state index contributed by atoms with van der Waals surface area (Å²) in [5.41, 5.74) is 0.575. The second-order valence-corrected chi connectivity index (χ2v) is 4.86. The summed E-state index contributed by atoms with van der Waals surface area (Å²) in [6.45, 7) is 0. The summed E-state index contributed by atoms with van der Waals surface area (Å²) in [5, 5.41) is 0. The second-order valence-electron chi connectivity index (χ2n) is 3.87. The van der Waals surface area contributed by atoms with E-state index in [1.807, 2.05) is 36.0 Å². The number of carbonyl (C=O) groups excluding carboxylic acids is 1. The molecule has 0 aliphatic carbocycles. The zero-order valence-corrected chi connectivity index (χ0v) is 8.47. The van der Waals surface area contributed by atoms with E-state index >= 15 is 0 Å². The third kappa shape index (κ3) is 1.08. The van der Waals surface area contributed by atoms with Gasteiger partial charge in [-0.1, -0.05) is 12.1 Å². The molecule has 3 rings (SSSR count). The van der Waals surface area contributed by atoms with Crippen LogP contribution in [0.4, 0.5) is 0 Å². The Morgan fingerprint density at radius 2 is 2.07 bits per heavy atom. The molecular weight excluding hydrogens is 196 g/mol. The summed E-state index contributed by atoms with van der Waals surface area (Å²) in [5.74, 6) is 2.90. The summed E-state index contributed by atoms with van der Waals surface area (Å²) >= 11 is 1.84. The van der Waals surface area contributed by atoms with Crippen LogP contribution in [0.15, 0.2) is 24.3 Å². The van der Waals surface area contributed by atoms with Gasteiger partial charge in [-0.05, 0) is 12.1 Å². The number of ketones is 1. The summed E-state index contributed by atoms with van der Waals surface area (Å²) < 4.78 is 5.88. The lowest BCUT2D eigenvalue weighted by Crippen LogP contribution is -2.52. The quantitative estimate of drug-likeness (QED) is 0.650. The Balaban J connectivity index is 2.04. The van der Waals surface area contributed by atoms with Crippen LogP contribution in [-0.4, -0.2) is 22.9 Å². The van der Waals surface area contributed by atoms with Gasteiger partial charge in [-0.3, -0.25) is 4.79 Å². The van der Waals surface area contributed by atoms with Crippen LogP contribution in [-0.2, 0) is 0 Å². The molecule has 72 valence electrons. The minimum absolute atomic E-state index is 0.171. The van der Waals surface area contributed by atoms with Crippen molar-refractivity contribution in [3.63, 3.8) is 0 Å². The predicted octanol–water partition coefficient (Wildman–Crippen LogP) is 2.14. The molecule has 0 N–H and O–H groups in total. The van der Waals surface area contributed by atoms with Gasteiger partial charge in [-0.2, -0.15) is 11.8 Å². The van der Waals surface area contributed by atoms with Crippen LogP contribution in [0.1, 0.15) is 16.8 Å². The molecule has 0 radical (unpaired) electrons. The Morgan fingerprint density at radius 3 is 2.79 bits per heavy atom. The van der Waals surface area contributed by atoms with E-state index in [-0.39, 0.29) is 11.4 Å². The van der Waals surface area contributed by atoms with Crippen molar-refractivity contribution in [1.29, 1.82) is 0 Å². The number of benzene rings is 1. The van der Waals surface area contributed by atoms with E-state index in [1.54, 1.807) is 0 Å². The molecule has 0 amide bonds. The van der Waals surface area contributed by atoms with Crippen LogP contribution in [0.25, 0.3) is 0 Å². The number of Topliss-reactive ketones (excluding diaryl/α,β-unsaturated/α-hetero) is 1. The molecule has 1 aromatic rings. The zero-order chi connectivity index (χ0) is 9.60. The van der Waals surface area contributed by atoms with Gasteiger partial charge >= 0.3 is 0 Å². The van der Waals surface area contributed by atoms with Gasteiger partial charge in [0.2, 0.25) is 0 Å². The van der Waals surface area contributed by atoms with Crippen molar-refractivity contribution in [3.05, 3.63) is 29.8 Å². The largest absolute Gasteiger partial charge is 0.484 e. The van der Waals surface area contributed by atoms with Gasteiger partial charge in [0.05, 0.1) is 12.0 Å². The van der Waals surface area contributed by atoms with E-state index in [4.69, 9.17) is 4.74 Å². The Labute approximate surface area is 86.6 Å². The number of carbonyl (C=O) groups is 1. The third-order valence-electron chi connectivity index (χ3n) is 2.73. The fourth-order valence-corrected chi connectivity index (χ4v) is 2.92. The van der Waals surface area contributed by atoms with Crippen LogP contribution in [0.2, 0.25) is 0 Å². The molecule has 14 heavy (non-hydrogen) atoms. The molecule has 0 atom stereocenters. The summed E-state index contributed by atoms with van der Waals surface area (Å²) in [6.07, 6.45) is 0.553. The van der Waals surface area contributed by atoms with Crippen molar-refractivity contribution in [2.24, 2.45) is 0 Å². The van der Waals surface area contributed by atoms with Gasteiger partial charge < -0.3 is 4.74 Å². The number of rotatable bonds is 0. The highest BCUT2D eigenvalue weighted by atomic mass is 32.2. The Morgan fingerprint density at radius 1 is 1.29 bits per heavy atom. The van der Waals surface area contributed by atoms with Crippen molar-refractivity contribution in [3.8, 4) is 5.75 Å². The molecular formula is C11H10O2S. The number of hydrogen-bond donors (Lipinski definition) is 0. The van der Waals surface area contributed by atoms with Gasteiger partial charge in [0.1, 0.15) is 11.4 Å². The van der Waals surface area contributed by atoms with Gasteiger partial charge in [0.15, 0.2) is 5.78 Å². The Hall–Kier alpha value is -0.960. The van der Waals surface area contributed by atoms with E-state index in [0.717, 1.165) is 22.8 Å². The summed E-state index contributed by atoms with van der Waals surface area (Å²) in [7, 11) is 0. The van der Waals surface area contributed by atoms with Crippen molar-refractivity contribution < 1.29 is 9.53 Å². The number of para-hydroxylation sites is 1. The van der Waals surface area contributed by atoms with Crippen LogP contribution < -0.4 is 4.74 Å². The first-order valence-electron chi connectivity index (χ1n) is 4.68. The lowest BCUT2D eigenvalue weighted by atomic mass is 9.92. The molecule has 0 aromatic heterocycles. The minimum atomic E-state index is -0.171. The van der Waals surface area contributed by atoms with E-state index in [1.165, 1.54) is 0 Å². The van der Waals surface area contributed by atoms with Crippen LogP contribution in [0.5, 0.6) is 5.75 Å². The normalized spacial score (nSPS) is 22.4. The molecule has 0 saturated carbocycles. The van der Waals surface area contributed by atoms with Crippen LogP contribution >= 0.6 is 11.8 Å². The van der Waals surface area contributed by atoms with Crippen molar-refractivity contribution in [2.45, 2.75) is 12.0 Å². The second kappa shape index (κ2) is 2.76. The summed E-state index contributed by atoms with van der Waals surface area (Å²) in [6, 6.07) is 7.53. The SMILES string of the molecule is O=C1CC2(CSC2)Oc2ccccc21. The van der Waals surface area contributed by atoms with E-state index in [2.05, 4.69) is 0 Å². The van der Waals surface area contributed by atoms with Gasteiger partial charge in [-0.15, -0.1) is 0 Å². The van der Waals surface area contributed by atoms with Crippen LogP contribution in [0.3, 0.4) is 0 Å². The topological polar surface area (TPSA) is 26.3 Å². The summed E-state index contributed by atoms with van der Waals surface area (Å²) in [4.78, 5) is 11.8. The Bertz CT molecular complexity index is 396. The zero-order valence-electron chi connectivity index (χ0n) is 7.66. The van der Waals surface area contributed by atoms with E-state index < -0.39 is 0 Å². The Kier molecular flexibility index (Phi) is 1.65. The molecule has 0 bridgehead atoms. The maximum Gasteiger partial charge on any atom is 0.170 e. The fourth-order valence-electron chi connectivity index (χ4n) is 1.93. The maximum absolute atomic E-state index is 11.8. The molecule has 2 heterocycles. The maximum atomic E-state index is 11.8. The van der Waals surface area contributed by atoms with Crippen molar-refractivity contribution >= 4 is 17.5 Å². The molecule has 1 spiro atoms. The molecule has 2 aliphatic rings. The highest BCUT2D eigenvalue weighted by Gasteiger charge is 2.45. The molecule has 1 fully saturated rings. The number of hydrogen-bond acceptors (Lipinski definition) is 3. The third-order valence-corrected chi connectivity index (χ3v) is 4.19. The standard InChI is InChI=1S/C11H10O2S/c12-9-5-11(6-14-7-11)13-10-4-2-1-3-8(9)10/h1-4H,5-7H2. The van der Waals surface area contributed by atoms with Crippen LogP contribution in [0, 0.1) is 0 Å². The van der Waals surface area contributed by atoms with Crippen molar-refractivity contribution in [1.82, 2.24) is 0 Å². The van der Waals surface area contributed by atoms with E-state index in [0.29, 0.717) is 6.42 Å². The average Bonchev–Trinajstić information content (AvgIpc) is 2.15. The lowest BCUT2D eigenvalue weighted by molar-refractivity contribution is 0.0613. The van der Waals surface area contributed by atoms with Gasteiger partial charge in [0.25, 0.3) is 0 Å². The first-order chi connectivity index (χ1) is 6.79. The fraction of sp³-hybridized carbons (Fsp3) is 0.364. The smallest absolute Gasteiger partial charge is 0.170 e. The minimum Gasteiger partial charge on any atom is -0.484 e. The monoisotopic (exact) mass is 206 g/mol. The predicted molar refractivity (Wildman–Crippen MR) is 56.1 cm³/mol. The number of fused-ring (bicyclic) bond motifs is 1. The molecule has 0 unspecified atom stereocenters. The molecule has 3 heteroatoms. The number of ether oxygens (including phenoxy) is 1. The van der Waals surface area contributed by atoms with E-state index in [9.17, 15) is 4.79 Å². The average molecular weight is 206 g/mol. The molecule has 2 aliphatic heterocycles. The first kappa shape index (κ1) is 8.36. The molecule has 1 saturated heterocycles. The van der Waals surface area contributed by atoms with Gasteiger partial charge in [-0.25, -0.2) is 0 Å². The number of thioether (sulfide) groups is 1. The highest BCUT2D eigenvalue weighted by Crippen LogP contribution is 2.42. The highest BCUT2D eigenvalue weighted by molar-refractivity contribution is 8.00. The molecule has 1 aromatic carbocycles. The lowest BCUT2D eigenvalue weighted by Gasteiger charge is -2.43. The first-order valence-corrected chi connectivity index (χ1v) is 5.84. The van der Waals surface area contributed by atoms with Gasteiger partial charge in [0, 0.05) is 11.5 Å². The van der Waals surface area contributed by atoms with Crippen molar-refractivity contribution in [2.75, 3.05) is 11.5 Å².